The quantitative estimate of drug-likeness (QED) is 0.843. The van der Waals surface area contributed by atoms with Crippen molar-refractivity contribution in [3.8, 4) is 5.75 Å². The van der Waals surface area contributed by atoms with E-state index < -0.39 is 16.1 Å². The zero-order chi connectivity index (χ0) is 16.3. The van der Waals surface area contributed by atoms with Gasteiger partial charge in [0.2, 0.25) is 10.0 Å². The minimum Gasteiger partial charge on any atom is -0.496 e. The largest absolute Gasteiger partial charge is 0.496 e. The molecule has 0 aliphatic carbocycles. The number of sulfonamides is 1. The number of cyclic esters (lactones) is 1. The van der Waals surface area contributed by atoms with Crippen molar-refractivity contribution in [1.82, 2.24) is 9.62 Å². The Morgan fingerprint density at radius 1 is 1.32 bits per heavy atom. The third-order valence-electron chi connectivity index (χ3n) is 3.50. The minimum atomic E-state index is -3.63. The van der Waals surface area contributed by atoms with Crippen molar-refractivity contribution < 1.29 is 22.7 Å². The standard InChI is InChI=1S/C14H20N2O5S/c1-10-9-13(11(2)8-12(10)20-3)22(18,19)15-4-5-16-6-7-21-14(16)17/h8-9,15H,4-7H2,1-3H3. The van der Waals surface area contributed by atoms with Crippen molar-refractivity contribution in [3.63, 3.8) is 0 Å². The SMILES string of the molecule is COc1cc(C)c(S(=O)(=O)NCCN2CCOC2=O)cc1C. The van der Waals surface area contributed by atoms with E-state index in [1.54, 1.807) is 33.1 Å². The Kier molecular flexibility index (Phi) is 4.92. The maximum Gasteiger partial charge on any atom is 0.409 e. The normalized spacial score (nSPS) is 15.0. The smallest absolute Gasteiger partial charge is 0.409 e. The highest BCUT2D eigenvalue weighted by Gasteiger charge is 2.23. The lowest BCUT2D eigenvalue weighted by Gasteiger charge is -2.15. The highest BCUT2D eigenvalue weighted by molar-refractivity contribution is 7.89. The summed E-state index contributed by atoms with van der Waals surface area (Å²) in [5, 5.41) is 0. The summed E-state index contributed by atoms with van der Waals surface area (Å²) < 4.78 is 37.2. The van der Waals surface area contributed by atoms with Gasteiger partial charge in [0, 0.05) is 13.1 Å². The van der Waals surface area contributed by atoms with Gasteiger partial charge in [-0.25, -0.2) is 17.9 Å². The summed E-state index contributed by atoms with van der Waals surface area (Å²) in [4.78, 5) is 13.0. The lowest BCUT2D eigenvalue weighted by atomic mass is 10.1. The summed E-state index contributed by atoms with van der Waals surface area (Å²) in [6, 6.07) is 3.28. The molecule has 1 heterocycles. The molecule has 22 heavy (non-hydrogen) atoms. The lowest BCUT2D eigenvalue weighted by molar-refractivity contribution is 0.159. The number of aryl methyl sites for hydroxylation is 2. The number of ether oxygens (including phenoxy) is 2. The molecule has 0 atom stereocenters. The monoisotopic (exact) mass is 328 g/mol. The van der Waals surface area contributed by atoms with Gasteiger partial charge >= 0.3 is 6.09 Å². The number of carbonyl (C=O) groups excluding carboxylic acids is 1. The van der Waals surface area contributed by atoms with Crippen LogP contribution in [0.5, 0.6) is 5.75 Å². The summed E-state index contributed by atoms with van der Waals surface area (Å²) in [5.74, 6) is 0.649. The lowest BCUT2D eigenvalue weighted by Crippen LogP contribution is -2.35. The highest BCUT2D eigenvalue weighted by atomic mass is 32.2. The van der Waals surface area contributed by atoms with Crippen LogP contribution in [-0.2, 0) is 14.8 Å². The Morgan fingerprint density at radius 3 is 2.64 bits per heavy atom. The van der Waals surface area contributed by atoms with Crippen LogP contribution >= 0.6 is 0 Å². The van der Waals surface area contributed by atoms with E-state index in [4.69, 9.17) is 9.47 Å². The molecule has 0 saturated carbocycles. The van der Waals surface area contributed by atoms with Crippen molar-refractivity contribution in [2.24, 2.45) is 0 Å². The molecule has 1 fully saturated rings. The van der Waals surface area contributed by atoms with E-state index in [1.807, 2.05) is 0 Å². The van der Waals surface area contributed by atoms with Crippen LogP contribution in [0.2, 0.25) is 0 Å². The van der Waals surface area contributed by atoms with E-state index in [-0.39, 0.29) is 18.0 Å². The molecule has 8 heteroatoms. The number of methoxy groups -OCH3 is 1. The third-order valence-corrected chi connectivity index (χ3v) is 5.10. The van der Waals surface area contributed by atoms with E-state index in [2.05, 4.69) is 4.72 Å². The molecule has 1 N–H and O–H groups in total. The Bertz CT molecular complexity index is 672. The van der Waals surface area contributed by atoms with Gasteiger partial charge in [-0.3, -0.25) is 0 Å². The number of hydrogen-bond acceptors (Lipinski definition) is 5. The Balaban J connectivity index is 2.07. The average Bonchev–Trinajstić information content (AvgIpc) is 2.86. The van der Waals surface area contributed by atoms with E-state index in [0.29, 0.717) is 24.5 Å². The fourth-order valence-electron chi connectivity index (χ4n) is 2.29. The zero-order valence-corrected chi connectivity index (χ0v) is 13.7. The number of nitrogens with one attached hydrogen (secondary N) is 1. The fraction of sp³-hybridized carbons (Fsp3) is 0.500. The Morgan fingerprint density at radius 2 is 2.05 bits per heavy atom. The first-order valence-corrected chi connectivity index (χ1v) is 8.40. The molecule has 0 unspecified atom stereocenters. The summed E-state index contributed by atoms with van der Waals surface area (Å²) >= 11 is 0. The van der Waals surface area contributed by atoms with Gasteiger partial charge in [-0.1, -0.05) is 0 Å². The molecular weight excluding hydrogens is 308 g/mol. The molecule has 1 aliphatic heterocycles. The molecule has 122 valence electrons. The average molecular weight is 328 g/mol. The van der Waals surface area contributed by atoms with Crippen molar-refractivity contribution in [3.05, 3.63) is 23.3 Å². The maximum atomic E-state index is 12.4. The first kappa shape index (κ1) is 16.6. The number of nitrogens with zero attached hydrogens (tertiary/aromatic N) is 1. The van der Waals surface area contributed by atoms with Crippen LogP contribution in [0.15, 0.2) is 17.0 Å². The molecule has 1 saturated heterocycles. The molecule has 1 aromatic carbocycles. The minimum absolute atomic E-state index is 0.141. The van der Waals surface area contributed by atoms with Crippen molar-refractivity contribution in [2.75, 3.05) is 33.4 Å². The molecule has 0 aromatic heterocycles. The summed E-state index contributed by atoms with van der Waals surface area (Å²) in [6.07, 6.45) is -0.407. The number of amides is 1. The van der Waals surface area contributed by atoms with Crippen molar-refractivity contribution >= 4 is 16.1 Å². The van der Waals surface area contributed by atoms with Crippen LogP contribution in [0.3, 0.4) is 0 Å². The maximum absolute atomic E-state index is 12.4. The van der Waals surface area contributed by atoms with Gasteiger partial charge in [-0.15, -0.1) is 0 Å². The van der Waals surface area contributed by atoms with E-state index in [9.17, 15) is 13.2 Å². The highest BCUT2D eigenvalue weighted by Crippen LogP contribution is 2.25. The topological polar surface area (TPSA) is 84.9 Å². The number of hydrogen-bond donors (Lipinski definition) is 1. The van der Waals surface area contributed by atoms with Crippen LogP contribution in [0.1, 0.15) is 11.1 Å². The second kappa shape index (κ2) is 6.53. The third kappa shape index (κ3) is 3.50. The molecule has 0 bridgehead atoms. The molecule has 7 nitrogen and oxygen atoms in total. The number of carbonyl (C=O) groups is 1. The van der Waals surface area contributed by atoms with Gasteiger partial charge in [0.1, 0.15) is 12.4 Å². The van der Waals surface area contributed by atoms with Crippen molar-refractivity contribution in [1.29, 1.82) is 0 Å². The van der Waals surface area contributed by atoms with Gasteiger partial charge < -0.3 is 14.4 Å². The second-order valence-corrected chi connectivity index (χ2v) is 6.82. The van der Waals surface area contributed by atoms with Crippen LogP contribution in [0.25, 0.3) is 0 Å². The molecule has 1 aliphatic rings. The van der Waals surface area contributed by atoms with Gasteiger partial charge in [0.05, 0.1) is 18.6 Å². The van der Waals surface area contributed by atoms with Crippen LogP contribution < -0.4 is 9.46 Å². The number of rotatable bonds is 6. The number of benzene rings is 1. The summed E-state index contributed by atoms with van der Waals surface area (Å²) in [5.41, 5.74) is 1.35. The van der Waals surface area contributed by atoms with Crippen LogP contribution in [0, 0.1) is 13.8 Å². The molecule has 1 aromatic rings. The molecular formula is C14H20N2O5S. The summed E-state index contributed by atoms with van der Waals surface area (Å²) in [6.45, 7) is 4.77. The zero-order valence-electron chi connectivity index (χ0n) is 12.9. The predicted octanol–water partition coefficient (Wildman–Crippen LogP) is 1.04. The van der Waals surface area contributed by atoms with E-state index >= 15 is 0 Å². The Hall–Kier alpha value is -1.80. The summed E-state index contributed by atoms with van der Waals surface area (Å²) in [7, 11) is -2.09. The first-order valence-electron chi connectivity index (χ1n) is 6.92. The van der Waals surface area contributed by atoms with E-state index in [1.165, 1.54) is 4.90 Å². The molecule has 0 spiro atoms. The molecule has 2 rings (SSSR count). The van der Waals surface area contributed by atoms with Gasteiger partial charge in [-0.05, 0) is 37.1 Å². The second-order valence-electron chi connectivity index (χ2n) is 5.09. The fourth-order valence-corrected chi connectivity index (χ4v) is 3.62. The van der Waals surface area contributed by atoms with Crippen LogP contribution in [-0.4, -0.2) is 52.8 Å². The van der Waals surface area contributed by atoms with Gasteiger partial charge in [0.25, 0.3) is 0 Å². The van der Waals surface area contributed by atoms with Gasteiger partial charge in [0.15, 0.2) is 0 Å². The van der Waals surface area contributed by atoms with Crippen molar-refractivity contribution in [2.45, 2.75) is 18.7 Å². The molecule has 1 amide bonds. The van der Waals surface area contributed by atoms with Crippen LogP contribution in [0.4, 0.5) is 4.79 Å². The predicted molar refractivity (Wildman–Crippen MR) is 80.6 cm³/mol. The van der Waals surface area contributed by atoms with E-state index in [0.717, 1.165) is 5.56 Å². The molecule has 0 radical (unpaired) electrons. The van der Waals surface area contributed by atoms with Gasteiger partial charge in [-0.2, -0.15) is 0 Å². The Labute approximate surface area is 130 Å². The first-order chi connectivity index (χ1) is 10.3.